The van der Waals surface area contributed by atoms with Gasteiger partial charge in [0, 0.05) is 33.5 Å². The van der Waals surface area contributed by atoms with Crippen LogP contribution in [0.5, 0.6) is 0 Å². The molecule has 0 aliphatic heterocycles. The van der Waals surface area contributed by atoms with Gasteiger partial charge in [-0.1, -0.05) is 0 Å². The molecule has 0 fully saturated rings. The molecule has 0 N–H and O–H groups in total. The van der Waals surface area contributed by atoms with Crippen LogP contribution in [0.15, 0.2) is 24.5 Å². The minimum absolute atomic E-state index is 0. The van der Waals surface area contributed by atoms with Crippen LogP contribution in [0.3, 0.4) is 0 Å². The summed E-state index contributed by atoms with van der Waals surface area (Å²) in [5, 5.41) is 7.07. The molecule has 8 heteroatoms. The van der Waals surface area contributed by atoms with E-state index in [0.29, 0.717) is 0 Å². The second-order valence-electron chi connectivity index (χ2n) is 0.914. The molecule has 0 saturated carbocycles. The zero-order chi connectivity index (χ0) is 14.2. The average molecular weight is 316 g/mol. The van der Waals surface area contributed by atoms with E-state index < -0.39 is 0 Å². The summed E-state index contributed by atoms with van der Waals surface area (Å²) in [6, 6.07) is 3.65. The Morgan fingerprint density at radius 2 is 0.706 bits per heavy atom. The van der Waals surface area contributed by atoms with E-state index in [-0.39, 0.29) is 21.1 Å². The summed E-state index contributed by atoms with van der Waals surface area (Å²) in [5.74, 6) is 0. The maximum atomic E-state index is 7.50. The van der Waals surface area contributed by atoms with Gasteiger partial charge in [-0.25, -0.2) is 0 Å². The van der Waals surface area contributed by atoms with Crippen molar-refractivity contribution in [3.63, 3.8) is 0 Å². The fourth-order valence-corrected chi connectivity index (χ4v) is 0.253. The van der Waals surface area contributed by atoms with Crippen LogP contribution in [0.4, 0.5) is 0 Å². The number of rotatable bonds is 0. The fraction of sp³-hybridized carbons (Fsp3) is 0. The molecule has 0 atom stereocenters. The molecular formula is C9H4MoN2O5. The first-order chi connectivity index (χ1) is 8.00. The third kappa shape index (κ3) is 113. The van der Waals surface area contributed by atoms with Crippen LogP contribution in [0.1, 0.15) is 0 Å². The van der Waals surface area contributed by atoms with Crippen molar-refractivity contribution in [2.75, 3.05) is 0 Å². The molecule has 0 radical (unpaired) electrons. The largest absolute Gasteiger partial charge is 0.159 e. The second-order valence-corrected chi connectivity index (χ2v) is 0.914. The smallest absolute Gasteiger partial charge is 0.0496 e. The normalized spacial score (nSPS) is 3.41. The second kappa shape index (κ2) is 131. The maximum absolute atomic E-state index is 7.50. The molecule has 1 rings (SSSR count). The molecule has 17 heavy (non-hydrogen) atoms. The summed E-state index contributed by atoms with van der Waals surface area (Å²) >= 11 is 0. The van der Waals surface area contributed by atoms with Crippen LogP contribution < -0.4 is 0 Å². The Labute approximate surface area is 112 Å². The van der Waals surface area contributed by atoms with Crippen LogP contribution in [-0.2, 0) is 44.3 Å². The summed E-state index contributed by atoms with van der Waals surface area (Å²) in [4.78, 5) is 0. The van der Waals surface area contributed by atoms with Crippen LogP contribution in [0, 0.1) is 33.3 Å². The van der Waals surface area contributed by atoms with Crippen molar-refractivity contribution in [2.24, 2.45) is 0 Å². The van der Waals surface area contributed by atoms with E-state index in [1.807, 2.05) is 12.1 Å². The summed E-state index contributed by atoms with van der Waals surface area (Å²) in [6.45, 7) is 22.5. The van der Waals surface area contributed by atoms with Gasteiger partial charge in [0.25, 0.3) is 0 Å². The van der Waals surface area contributed by atoms with Crippen molar-refractivity contribution in [1.82, 2.24) is 10.2 Å². The fourth-order valence-electron chi connectivity index (χ4n) is 0.253. The molecular weight excluding hydrogens is 312 g/mol. The molecule has 0 bridgehead atoms. The Bertz CT molecular complexity index is 219. The average Bonchev–Trinajstić information content (AvgIpc) is 2.51. The van der Waals surface area contributed by atoms with Crippen molar-refractivity contribution >= 4 is 0 Å². The molecule has 0 spiro atoms. The van der Waals surface area contributed by atoms with Crippen LogP contribution >= 0.6 is 0 Å². The van der Waals surface area contributed by atoms with E-state index in [1.54, 1.807) is 12.4 Å². The van der Waals surface area contributed by atoms with Gasteiger partial charge >= 0.3 is 56.5 Å². The van der Waals surface area contributed by atoms with Gasteiger partial charge in [0.05, 0.1) is 0 Å². The third-order valence-corrected chi connectivity index (χ3v) is 0.483. The SMILES string of the molecule is [C-]#[O+].[C-]#[O+].[C-]#[O+].[C-]#[O+].[C-]#[O+].[Mo].c1ccnnc1. The Hall–Kier alpha value is -1.53. The van der Waals surface area contributed by atoms with Gasteiger partial charge in [0.1, 0.15) is 0 Å². The van der Waals surface area contributed by atoms with E-state index in [1.165, 1.54) is 0 Å². The molecule has 1 aromatic heterocycles. The predicted molar refractivity (Wildman–Crippen MR) is 41.7 cm³/mol. The van der Waals surface area contributed by atoms with Crippen LogP contribution in [0.25, 0.3) is 0 Å². The monoisotopic (exact) mass is 318 g/mol. The van der Waals surface area contributed by atoms with E-state index in [0.717, 1.165) is 0 Å². The van der Waals surface area contributed by atoms with E-state index in [4.69, 9.17) is 23.3 Å². The van der Waals surface area contributed by atoms with Gasteiger partial charge in [-0.3, -0.25) is 0 Å². The topological polar surface area (TPSA) is 125 Å². The van der Waals surface area contributed by atoms with Gasteiger partial charge < -0.3 is 0 Å². The number of aromatic nitrogens is 2. The molecule has 7 nitrogen and oxygen atoms in total. The minimum atomic E-state index is 0. The summed E-state index contributed by atoms with van der Waals surface area (Å²) in [6.07, 6.45) is 3.28. The van der Waals surface area contributed by atoms with E-state index in [9.17, 15) is 0 Å². The third-order valence-electron chi connectivity index (χ3n) is 0.483. The molecule has 0 unspecified atom stereocenters. The Morgan fingerprint density at radius 1 is 0.529 bits per heavy atom. The molecule has 0 aromatic carbocycles. The summed E-state index contributed by atoms with van der Waals surface area (Å²) in [5.41, 5.74) is 0. The first-order valence-corrected chi connectivity index (χ1v) is 2.74. The number of hydrogen-bond donors (Lipinski definition) is 0. The van der Waals surface area contributed by atoms with Crippen LogP contribution in [0.2, 0.25) is 0 Å². The summed E-state index contributed by atoms with van der Waals surface area (Å²) in [7, 11) is 0. The van der Waals surface area contributed by atoms with Crippen molar-refractivity contribution < 1.29 is 44.3 Å². The molecule has 0 aliphatic rings. The van der Waals surface area contributed by atoms with Gasteiger partial charge in [0.2, 0.25) is 0 Å². The standard InChI is InChI=1S/C4H4N2.5CO.Mo/c1-2-4-6-5-3-1;5*1-2;/h1-4H;;;;;;. The molecule has 1 aromatic rings. The van der Waals surface area contributed by atoms with Crippen LogP contribution in [-0.4, -0.2) is 10.2 Å². The number of nitrogens with zero attached hydrogens (tertiary/aromatic N) is 2. The molecule has 86 valence electrons. The quantitative estimate of drug-likeness (QED) is 0.387. The first-order valence-electron chi connectivity index (χ1n) is 2.74. The molecule has 1 heterocycles. The molecule has 0 amide bonds. The summed E-state index contributed by atoms with van der Waals surface area (Å²) < 4.78 is 37.5. The van der Waals surface area contributed by atoms with Gasteiger partial charge in [-0.2, -0.15) is 10.2 Å². The van der Waals surface area contributed by atoms with E-state index >= 15 is 0 Å². The minimum Gasteiger partial charge on any atom is -0.159 e. The predicted octanol–water partition coefficient (Wildman–Crippen LogP) is 0.287. The Kier molecular flexibility index (Phi) is 279. The molecule has 0 aliphatic carbocycles. The first kappa shape index (κ1) is 36.1. The van der Waals surface area contributed by atoms with Gasteiger partial charge in [-0.05, 0) is 12.1 Å². The zero-order valence-corrected chi connectivity index (χ0v) is 10.2. The maximum Gasteiger partial charge on any atom is 0.0496 e. The van der Waals surface area contributed by atoms with E-state index in [2.05, 4.69) is 43.4 Å². The van der Waals surface area contributed by atoms with Gasteiger partial charge in [-0.15, -0.1) is 0 Å². The Morgan fingerprint density at radius 3 is 0.765 bits per heavy atom. The Balaban J connectivity index is -0.0000000242. The van der Waals surface area contributed by atoms with Crippen molar-refractivity contribution in [2.45, 2.75) is 0 Å². The zero-order valence-electron chi connectivity index (χ0n) is 8.15. The number of hydrogen-bond acceptors (Lipinski definition) is 2. The van der Waals surface area contributed by atoms with Crippen molar-refractivity contribution in [3.05, 3.63) is 57.8 Å². The van der Waals surface area contributed by atoms with Gasteiger partial charge in [0.15, 0.2) is 0 Å². The van der Waals surface area contributed by atoms with Crippen molar-refractivity contribution in [3.8, 4) is 0 Å². The van der Waals surface area contributed by atoms with Crippen molar-refractivity contribution in [1.29, 1.82) is 0 Å². The molecule has 0 saturated heterocycles.